The highest BCUT2D eigenvalue weighted by atomic mass is 19.2. The lowest BCUT2D eigenvalue weighted by molar-refractivity contribution is -0.147. The van der Waals surface area contributed by atoms with E-state index >= 15 is 4.39 Å². The first-order valence-electron chi connectivity index (χ1n) is 11.7. The fourth-order valence-corrected chi connectivity index (χ4v) is 5.24. The van der Waals surface area contributed by atoms with Gasteiger partial charge in [0.25, 0.3) is 5.91 Å². The monoisotopic (exact) mass is 513 g/mol. The van der Waals surface area contributed by atoms with Gasteiger partial charge in [0, 0.05) is 24.9 Å². The molecule has 3 atom stereocenters. The fourth-order valence-electron chi connectivity index (χ4n) is 5.24. The molecular formula is C26H22F3N3O5. The van der Waals surface area contributed by atoms with Crippen LogP contribution in [0.2, 0.25) is 0 Å². The van der Waals surface area contributed by atoms with Crippen LogP contribution in [0.25, 0.3) is 0 Å². The Labute approximate surface area is 209 Å². The SMILES string of the molecule is CC(=O)OCOc1c2n(ncc1=O)[C@@H]([C@H](c1ccc(F)cc1)c1cccc(F)c1F)[C@H]1CCCN1C2=O. The highest BCUT2D eigenvalue weighted by Crippen LogP contribution is 2.46. The summed E-state index contributed by atoms with van der Waals surface area (Å²) in [7, 11) is 0. The minimum Gasteiger partial charge on any atom is -0.451 e. The molecule has 3 aromatic rings. The average molecular weight is 513 g/mol. The number of carbonyl (C=O) groups is 2. The van der Waals surface area contributed by atoms with E-state index in [1.54, 1.807) is 4.90 Å². The third kappa shape index (κ3) is 4.34. The molecule has 37 heavy (non-hydrogen) atoms. The van der Waals surface area contributed by atoms with Crippen molar-refractivity contribution in [1.82, 2.24) is 14.7 Å². The van der Waals surface area contributed by atoms with E-state index in [-0.39, 0.29) is 17.0 Å². The van der Waals surface area contributed by atoms with E-state index in [0.29, 0.717) is 24.9 Å². The smallest absolute Gasteiger partial charge is 0.305 e. The molecule has 1 fully saturated rings. The number of hydrogen-bond donors (Lipinski definition) is 0. The Hall–Kier alpha value is -4.15. The van der Waals surface area contributed by atoms with Gasteiger partial charge in [-0.1, -0.05) is 24.3 Å². The minimum absolute atomic E-state index is 0.00774. The number of fused-ring (bicyclic) bond motifs is 2. The zero-order chi connectivity index (χ0) is 26.3. The highest BCUT2D eigenvalue weighted by molar-refractivity contribution is 5.96. The molecule has 0 aliphatic carbocycles. The zero-order valence-corrected chi connectivity index (χ0v) is 19.7. The summed E-state index contributed by atoms with van der Waals surface area (Å²) in [4.78, 5) is 39.0. The maximum atomic E-state index is 15.3. The summed E-state index contributed by atoms with van der Waals surface area (Å²) in [6, 6.07) is 7.90. The van der Waals surface area contributed by atoms with Crippen molar-refractivity contribution < 1.29 is 32.2 Å². The molecule has 0 unspecified atom stereocenters. The molecule has 3 heterocycles. The van der Waals surface area contributed by atoms with E-state index in [9.17, 15) is 23.2 Å². The zero-order valence-electron chi connectivity index (χ0n) is 19.7. The van der Waals surface area contributed by atoms with Crippen LogP contribution in [-0.2, 0) is 9.53 Å². The molecule has 5 rings (SSSR count). The summed E-state index contributed by atoms with van der Waals surface area (Å²) in [5.74, 6) is -5.08. The van der Waals surface area contributed by atoms with Crippen LogP contribution in [0.1, 0.15) is 53.3 Å². The van der Waals surface area contributed by atoms with Crippen LogP contribution in [0.4, 0.5) is 13.2 Å². The molecule has 2 aliphatic heterocycles. The number of halogens is 3. The summed E-state index contributed by atoms with van der Waals surface area (Å²) in [5.41, 5.74) is -0.442. The number of aromatic nitrogens is 2. The van der Waals surface area contributed by atoms with Crippen molar-refractivity contribution in [3.8, 4) is 5.75 Å². The molecule has 2 aromatic carbocycles. The summed E-state index contributed by atoms with van der Waals surface area (Å²) in [5, 5.41) is 4.24. The number of benzene rings is 2. The molecule has 0 saturated carbocycles. The molecule has 192 valence electrons. The predicted octanol–water partition coefficient (Wildman–Crippen LogP) is 3.55. The van der Waals surface area contributed by atoms with Gasteiger partial charge in [-0.15, -0.1) is 0 Å². The van der Waals surface area contributed by atoms with Crippen molar-refractivity contribution in [2.75, 3.05) is 13.3 Å². The molecule has 11 heteroatoms. The molecular weight excluding hydrogens is 491 g/mol. The average Bonchev–Trinajstić information content (AvgIpc) is 3.36. The first-order chi connectivity index (χ1) is 17.8. The molecule has 2 aliphatic rings. The highest BCUT2D eigenvalue weighted by Gasteiger charge is 2.48. The lowest BCUT2D eigenvalue weighted by atomic mass is 9.79. The van der Waals surface area contributed by atoms with Crippen molar-refractivity contribution in [2.24, 2.45) is 0 Å². The number of amides is 1. The van der Waals surface area contributed by atoms with E-state index in [4.69, 9.17) is 9.47 Å². The fraction of sp³-hybridized carbons (Fsp3) is 0.308. The van der Waals surface area contributed by atoms with Crippen LogP contribution in [0.3, 0.4) is 0 Å². The van der Waals surface area contributed by atoms with E-state index in [0.717, 1.165) is 19.2 Å². The maximum Gasteiger partial charge on any atom is 0.305 e. The van der Waals surface area contributed by atoms with Gasteiger partial charge in [0.1, 0.15) is 5.82 Å². The third-order valence-electron chi connectivity index (χ3n) is 6.76. The van der Waals surface area contributed by atoms with Gasteiger partial charge in [-0.2, -0.15) is 5.10 Å². The van der Waals surface area contributed by atoms with Crippen molar-refractivity contribution >= 4 is 11.9 Å². The first-order valence-corrected chi connectivity index (χ1v) is 11.7. The second kappa shape index (κ2) is 9.72. The van der Waals surface area contributed by atoms with Crippen LogP contribution in [0.5, 0.6) is 5.75 Å². The molecule has 0 spiro atoms. The predicted molar refractivity (Wildman–Crippen MR) is 123 cm³/mol. The summed E-state index contributed by atoms with van der Waals surface area (Å²) < 4.78 is 55.0. The number of carbonyl (C=O) groups excluding carboxylic acids is 2. The maximum absolute atomic E-state index is 15.3. The Kier molecular flexibility index (Phi) is 6.45. The Morgan fingerprint density at radius 1 is 1.14 bits per heavy atom. The van der Waals surface area contributed by atoms with Gasteiger partial charge in [-0.3, -0.25) is 19.1 Å². The van der Waals surface area contributed by atoms with Gasteiger partial charge in [0.05, 0.1) is 18.3 Å². The minimum atomic E-state index is -1.08. The Bertz CT molecular complexity index is 1430. The molecule has 0 bridgehead atoms. The lowest BCUT2D eigenvalue weighted by Gasteiger charge is -2.42. The summed E-state index contributed by atoms with van der Waals surface area (Å²) >= 11 is 0. The third-order valence-corrected chi connectivity index (χ3v) is 6.76. The van der Waals surface area contributed by atoms with Gasteiger partial charge in [0.2, 0.25) is 18.0 Å². The lowest BCUT2D eigenvalue weighted by Crippen LogP contribution is -2.51. The number of rotatable bonds is 6. The molecule has 8 nitrogen and oxygen atoms in total. The van der Waals surface area contributed by atoms with Crippen LogP contribution < -0.4 is 10.2 Å². The second-order valence-corrected chi connectivity index (χ2v) is 8.90. The standard InChI is InChI=1S/C26H22F3N3O5/c1-14(33)36-13-37-25-20(34)12-30-32-23(19-6-3-11-31(19)26(35)24(25)32)21(15-7-9-16(27)10-8-15)17-4-2-5-18(28)22(17)29/h2,4-5,7-10,12,19,21,23H,3,6,11,13H2,1H3/t19-,21-,23-/m1/s1. The van der Waals surface area contributed by atoms with Gasteiger partial charge in [0.15, 0.2) is 17.3 Å². The van der Waals surface area contributed by atoms with Crippen molar-refractivity contribution in [2.45, 2.75) is 37.8 Å². The van der Waals surface area contributed by atoms with Crippen molar-refractivity contribution in [3.63, 3.8) is 0 Å². The molecule has 1 saturated heterocycles. The molecule has 1 amide bonds. The van der Waals surface area contributed by atoms with Crippen molar-refractivity contribution in [3.05, 3.63) is 93.2 Å². The number of esters is 1. The largest absolute Gasteiger partial charge is 0.451 e. The summed E-state index contributed by atoms with van der Waals surface area (Å²) in [6.45, 7) is 0.923. The molecule has 1 aromatic heterocycles. The van der Waals surface area contributed by atoms with E-state index in [2.05, 4.69) is 5.10 Å². The van der Waals surface area contributed by atoms with Crippen LogP contribution in [-0.4, -0.2) is 45.9 Å². The van der Waals surface area contributed by atoms with Gasteiger partial charge < -0.3 is 14.4 Å². The first kappa shape index (κ1) is 24.5. The van der Waals surface area contributed by atoms with Crippen molar-refractivity contribution in [1.29, 1.82) is 0 Å². The Morgan fingerprint density at radius 2 is 1.89 bits per heavy atom. The van der Waals surface area contributed by atoms with E-state index < -0.39 is 59.6 Å². The Morgan fingerprint density at radius 3 is 2.62 bits per heavy atom. The normalized spacial score (nSPS) is 19.2. The van der Waals surface area contributed by atoms with Gasteiger partial charge in [-0.25, -0.2) is 13.2 Å². The quantitative estimate of drug-likeness (QED) is 0.370. The van der Waals surface area contributed by atoms with Gasteiger partial charge >= 0.3 is 5.97 Å². The van der Waals surface area contributed by atoms with E-state index in [1.165, 1.54) is 41.1 Å². The molecule has 0 N–H and O–H groups in total. The summed E-state index contributed by atoms with van der Waals surface area (Å²) in [6.07, 6.45) is 2.14. The number of nitrogens with zero attached hydrogens (tertiary/aromatic N) is 3. The second-order valence-electron chi connectivity index (χ2n) is 8.90. The molecule has 0 radical (unpaired) electrons. The topological polar surface area (TPSA) is 90.7 Å². The van der Waals surface area contributed by atoms with Crippen LogP contribution in [0, 0.1) is 17.5 Å². The van der Waals surface area contributed by atoms with Crippen LogP contribution in [0.15, 0.2) is 53.5 Å². The van der Waals surface area contributed by atoms with E-state index in [1.807, 2.05) is 0 Å². The van der Waals surface area contributed by atoms with Crippen LogP contribution >= 0.6 is 0 Å². The number of hydrogen-bond acceptors (Lipinski definition) is 6. The number of ether oxygens (including phenoxy) is 2. The van der Waals surface area contributed by atoms with Gasteiger partial charge in [-0.05, 0) is 36.6 Å². The Balaban J connectivity index is 1.74.